The van der Waals surface area contributed by atoms with Crippen molar-refractivity contribution in [1.82, 2.24) is 14.7 Å². The molecule has 1 atom stereocenters. The summed E-state index contributed by atoms with van der Waals surface area (Å²) in [4.78, 5) is 13.6. The normalized spacial score (nSPS) is 20.5. The fourth-order valence-electron chi connectivity index (χ4n) is 2.73. The third-order valence-corrected chi connectivity index (χ3v) is 3.86. The van der Waals surface area contributed by atoms with Gasteiger partial charge in [0.05, 0.1) is 5.69 Å². The first kappa shape index (κ1) is 13.9. The number of aromatic nitrogens is 2. The zero-order chi connectivity index (χ0) is 14.0. The second-order valence-electron chi connectivity index (χ2n) is 5.25. The maximum absolute atomic E-state index is 11.3. The molecule has 0 spiro atoms. The summed E-state index contributed by atoms with van der Waals surface area (Å²) in [6.45, 7) is 3.60. The molecule has 6 heteroatoms. The Bertz CT molecular complexity index is 469. The highest BCUT2D eigenvalue weighted by atomic mass is 16.4. The molecule has 0 bridgehead atoms. The van der Waals surface area contributed by atoms with Gasteiger partial charge >= 0.3 is 5.97 Å². The number of aryl methyl sites for hydroxylation is 2. The van der Waals surface area contributed by atoms with E-state index in [-0.39, 0.29) is 5.56 Å². The molecule has 1 aliphatic rings. The van der Waals surface area contributed by atoms with Crippen molar-refractivity contribution in [3.8, 4) is 0 Å². The van der Waals surface area contributed by atoms with Gasteiger partial charge in [0, 0.05) is 19.6 Å². The van der Waals surface area contributed by atoms with Crippen LogP contribution in [-0.2, 0) is 7.05 Å². The second kappa shape index (κ2) is 5.61. The number of aromatic carboxylic acids is 1. The minimum absolute atomic E-state index is 0.279. The Kier molecular flexibility index (Phi) is 4.09. The molecule has 0 saturated carbocycles. The molecule has 1 aromatic heterocycles. The summed E-state index contributed by atoms with van der Waals surface area (Å²) < 4.78 is 1.61. The minimum atomic E-state index is -0.926. The Hall–Kier alpha value is -1.56. The summed E-state index contributed by atoms with van der Waals surface area (Å²) in [5, 5.41) is 16.7. The quantitative estimate of drug-likeness (QED) is 0.860. The molecule has 2 rings (SSSR count). The van der Waals surface area contributed by atoms with Crippen LogP contribution in [0.25, 0.3) is 0 Å². The zero-order valence-electron chi connectivity index (χ0n) is 11.8. The van der Waals surface area contributed by atoms with E-state index in [1.807, 2.05) is 0 Å². The van der Waals surface area contributed by atoms with Gasteiger partial charge in [0.15, 0.2) is 0 Å². The van der Waals surface area contributed by atoms with Crippen molar-refractivity contribution in [3.05, 3.63) is 11.3 Å². The summed E-state index contributed by atoms with van der Waals surface area (Å²) >= 11 is 0. The first-order valence-electron chi connectivity index (χ1n) is 6.71. The number of anilines is 1. The number of hydrogen-bond acceptors (Lipinski definition) is 4. The minimum Gasteiger partial charge on any atom is -0.477 e. The monoisotopic (exact) mass is 266 g/mol. The van der Waals surface area contributed by atoms with Gasteiger partial charge in [-0.3, -0.25) is 4.68 Å². The maximum Gasteiger partial charge on any atom is 0.341 e. The van der Waals surface area contributed by atoms with E-state index in [4.69, 9.17) is 0 Å². The number of nitrogens with zero attached hydrogens (tertiary/aromatic N) is 3. The van der Waals surface area contributed by atoms with E-state index >= 15 is 0 Å². The van der Waals surface area contributed by atoms with Gasteiger partial charge in [-0.25, -0.2) is 4.79 Å². The van der Waals surface area contributed by atoms with Gasteiger partial charge in [-0.2, -0.15) is 5.10 Å². The standard InChI is InChI=1S/C13H22N4O2/c1-9-11(13(18)19)12(17(3)15-9)14-8-10-6-4-5-7-16(10)2/h10,14H,4-8H2,1-3H3,(H,18,19). The van der Waals surface area contributed by atoms with Gasteiger partial charge < -0.3 is 15.3 Å². The summed E-state index contributed by atoms with van der Waals surface area (Å²) in [6.07, 6.45) is 3.65. The Morgan fingerprint density at radius 3 is 2.84 bits per heavy atom. The molecule has 19 heavy (non-hydrogen) atoms. The smallest absolute Gasteiger partial charge is 0.341 e. The molecule has 6 nitrogen and oxygen atoms in total. The topological polar surface area (TPSA) is 70.4 Å². The van der Waals surface area contributed by atoms with Crippen LogP contribution in [0.2, 0.25) is 0 Å². The third kappa shape index (κ3) is 2.89. The average molecular weight is 266 g/mol. The van der Waals surface area contributed by atoms with Gasteiger partial charge in [0.2, 0.25) is 0 Å². The van der Waals surface area contributed by atoms with Crippen LogP contribution in [0.5, 0.6) is 0 Å². The van der Waals surface area contributed by atoms with Crippen molar-refractivity contribution in [2.24, 2.45) is 7.05 Å². The molecule has 0 radical (unpaired) electrons. The molecule has 2 heterocycles. The maximum atomic E-state index is 11.3. The predicted octanol–water partition coefficient (Wildman–Crippen LogP) is 1.32. The number of hydrogen-bond donors (Lipinski definition) is 2. The summed E-state index contributed by atoms with van der Waals surface area (Å²) in [5.74, 6) is -0.325. The van der Waals surface area contributed by atoms with Crippen molar-refractivity contribution in [3.63, 3.8) is 0 Å². The van der Waals surface area contributed by atoms with Crippen LogP contribution in [0.4, 0.5) is 5.82 Å². The molecule has 1 fully saturated rings. The number of piperidine rings is 1. The number of likely N-dealkylation sites (N-methyl/N-ethyl adjacent to an activating group) is 1. The lowest BCUT2D eigenvalue weighted by Crippen LogP contribution is -2.41. The molecule has 1 unspecified atom stereocenters. The number of nitrogens with one attached hydrogen (secondary N) is 1. The molecule has 2 N–H and O–H groups in total. The van der Waals surface area contributed by atoms with Gasteiger partial charge in [-0.05, 0) is 33.4 Å². The van der Waals surface area contributed by atoms with E-state index in [1.165, 1.54) is 12.8 Å². The molecular formula is C13H22N4O2. The van der Waals surface area contributed by atoms with Gasteiger partial charge in [-0.15, -0.1) is 0 Å². The predicted molar refractivity (Wildman–Crippen MR) is 73.7 cm³/mol. The van der Waals surface area contributed by atoms with E-state index in [9.17, 15) is 9.90 Å². The van der Waals surface area contributed by atoms with Crippen molar-refractivity contribution < 1.29 is 9.90 Å². The first-order valence-corrected chi connectivity index (χ1v) is 6.71. The lowest BCUT2D eigenvalue weighted by atomic mass is 10.0. The molecule has 0 aliphatic carbocycles. The third-order valence-electron chi connectivity index (χ3n) is 3.86. The average Bonchev–Trinajstić information content (AvgIpc) is 2.63. The Morgan fingerprint density at radius 2 is 2.21 bits per heavy atom. The van der Waals surface area contributed by atoms with E-state index in [0.717, 1.165) is 19.5 Å². The highest BCUT2D eigenvalue weighted by Gasteiger charge is 2.22. The highest BCUT2D eigenvalue weighted by Crippen LogP contribution is 2.20. The van der Waals surface area contributed by atoms with Crippen LogP contribution in [0, 0.1) is 6.92 Å². The molecule has 1 saturated heterocycles. The fourth-order valence-corrected chi connectivity index (χ4v) is 2.73. The summed E-state index contributed by atoms with van der Waals surface area (Å²) in [7, 11) is 3.89. The number of carbonyl (C=O) groups is 1. The van der Waals surface area contributed by atoms with Gasteiger partial charge in [0.1, 0.15) is 11.4 Å². The van der Waals surface area contributed by atoms with Gasteiger partial charge in [-0.1, -0.05) is 6.42 Å². The van der Waals surface area contributed by atoms with Crippen molar-refractivity contribution in [1.29, 1.82) is 0 Å². The van der Waals surface area contributed by atoms with Crippen LogP contribution in [0.3, 0.4) is 0 Å². The Balaban J connectivity index is 2.08. The lowest BCUT2D eigenvalue weighted by molar-refractivity contribution is 0.0697. The molecular weight excluding hydrogens is 244 g/mol. The molecule has 106 valence electrons. The van der Waals surface area contributed by atoms with Crippen molar-refractivity contribution in [2.75, 3.05) is 25.5 Å². The highest BCUT2D eigenvalue weighted by molar-refractivity contribution is 5.94. The summed E-state index contributed by atoms with van der Waals surface area (Å²) in [6, 6.07) is 0.464. The SMILES string of the molecule is Cc1nn(C)c(NCC2CCCCN2C)c1C(=O)O. The molecule has 0 aromatic carbocycles. The van der Waals surface area contributed by atoms with E-state index in [1.54, 1.807) is 18.7 Å². The number of carboxylic acid groups (broad SMARTS) is 1. The van der Waals surface area contributed by atoms with Crippen LogP contribution >= 0.6 is 0 Å². The van der Waals surface area contributed by atoms with E-state index in [0.29, 0.717) is 17.6 Å². The van der Waals surface area contributed by atoms with Crippen LogP contribution in [0.1, 0.15) is 35.3 Å². The molecule has 1 aromatic rings. The number of likely N-dealkylation sites (tertiary alicyclic amines) is 1. The Morgan fingerprint density at radius 1 is 1.47 bits per heavy atom. The number of rotatable bonds is 4. The Labute approximate surface area is 113 Å². The summed E-state index contributed by atoms with van der Waals surface area (Å²) in [5.41, 5.74) is 0.829. The van der Waals surface area contributed by atoms with Crippen molar-refractivity contribution >= 4 is 11.8 Å². The number of carboxylic acids is 1. The van der Waals surface area contributed by atoms with E-state index < -0.39 is 5.97 Å². The molecule has 0 amide bonds. The van der Waals surface area contributed by atoms with E-state index in [2.05, 4.69) is 22.4 Å². The second-order valence-corrected chi connectivity index (χ2v) is 5.25. The first-order chi connectivity index (χ1) is 9.00. The van der Waals surface area contributed by atoms with Crippen molar-refractivity contribution in [2.45, 2.75) is 32.2 Å². The van der Waals surface area contributed by atoms with Gasteiger partial charge in [0.25, 0.3) is 0 Å². The van der Waals surface area contributed by atoms with Crippen LogP contribution in [0.15, 0.2) is 0 Å². The lowest BCUT2D eigenvalue weighted by Gasteiger charge is -2.32. The molecule has 1 aliphatic heterocycles. The van der Waals surface area contributed by atoms with Crippen LogP contribution < -0.4 is 5.32 Å². The fraction of sp³-hybridized carbons (Fsp3) is 0.692. The van der Waals surface area contributed by atoms with Crippen LogP contribution in [-0.4, -0.2) is 51.9 Å². The zero-order valence-corrected chi connectivity index (χ0v) is 11.8. The largest absolute Gasteiger partial charge is 0.477 e.